The maximum atomic E-state index is 10.1. The first-order valence-electron chi connectivity index (χ1n) is 10.7. The van der Waals surface area contributed by atoms with Crippen LogP contribution in [-0.4, -0.2) is 52.4 Å². The Balaban J connectivity index is 1.34. The van der Waals surface area contributed by atoms with Crippen molar-refractivity contribution in [2.45, 2.75) is 24.8 Å². The molecule has 3 aromatic rings. The lowest BCUT2D eigenvalue weighted by molar-refractivity contribution is 0.113. The predicted molar refractivity (Wildman–Crippen MR) is 119 cm³/mol. The van der Waals surface area contributed by atoms with E-state index in [4.69, 9.17) is 5.73 Å². The third kappa shape index (κ3) is 3.64. The number of hydrogen-bond acceptors (Lipinski definition) is 6. The number of benzene rings is 2. The van der Waals surface area contributed by atoms with Gasteiger partial charge in [-0.1, -0.05) is 36.4 Å². The topological polar surface area (TPSA) is 87.3 Å². The van der Waals surface area contributed by atoms with Crippen LogP contribution in [0.1, 0.15) is 24.3 Å². The van der Waals surface area contributed by atoms with E-state index in [1.54, 1.807) is 12.1 Å². The minimum absolute atomic E-state index is 0.182. The summed E-state index contributed by atoms with van der Waals surface area (Å²) in [6, 6.07) is 18.5. The number of hydrogen-bond donors (Lipinski definition) is 3. The summed E-state index contributed by atoms with van der Waals surface area (Å²) in [6.07, 6.45) is 2.43. The third-order valence-electron chi connectivity index (χ3n) is 6.50. The van der Waals surface area contributed by atoms with Gasteiger partial charge in [-0.25, -0.2) is 0 Å². The second-order valence-corrected chi connectivity index (χ2v) is 8.29. The van der Waals surface area contributed by atoms with Gasteiger partial charge in [0.25, 0.3) is 0 Å². The van der Waals surface area contributed by atoms with Crippen molar-refractivity contribution in [2.24, 2.45) is 0 Å². The average molecular weight is 402 g/mol. The molecule has 4 N–H and O–H groups in total. The molecule has 3 heterocycles. The van der Waals surface area contributed by atoms with Gasteiger partial charge in [-0.05, 0) is 61.2 Å². The molecule has 2 aliphatic rings. The summed E-state index contributed by atoms with van der Waals surface area (Å²) in [6.45, 7) is 4.65. The van der Waals surface area contributed by atoms with E-state index in [1.165, 1.54) is 31.5 Å². The molecular weight excluding hydrogens is 374 g/mol. The summed E-state index contributed by atoms with van der Waals surface area (Å²) in [7, 11) is 0. The van der Waals surface area contributed by atoms with Gasteiger partial charge in [0.15, 0.2) is 5.82 Å². The number of nitrogens with two attached hydrogens (primary N) is 1. The largest absolute Gasteiger partial charge is 0.507 e. The number of aromatic nitrogens is 2. The van der Waals surface area contributed by atoms with Crippen LogP contribution in [-0.2, 0) is 0 Å². The van der Waals surface area contributed by atoms with Crippen LogP contribution in [0.5, 0.6) is 5.75 Å². The summed E-state index contributed by atoms with van der Waals surface area (Å²) in [5.41, 5.74) is 10.6. The summed E-state index contributed by atoms with van der Waals surface area (Å²) in [5, 5.41) is 21.8. The second-order valence-electron chi connectivity index (χ2n) is 8.29. The zero-order valence-electron chi connectivity index (χ0n) is 17.0. The molecule has 6 nitrogen and oxygen atoms in total. The number of aromatic hydroxyl groups is 1. The van der Waals surface area contributed by atoms with Crippen LogP contribution >= 0.6 is 0 Å². The van der Waals surface area contributed by atoms with E-state index in [-0.39, 0.29) is 5.75 Å². The molecule has 30 heavy (non-hydrogen) atoms. The van der Waals surface area contributed by atoms with E-state index in [0.29, 0.717) is 23.0 Å². The van der Waals surface area contributed by atoms with E-state index in [0.717, 1.165) is 30.3 Å². The van der Waals surface area contributed by atoms with Crippen LogP contribution in [0, 0.1) is 0 Å². The summed E-state index contributed by atoms with van der Waals surface area (Å²) in [4.78, 5) is 2.63. The maximum absolute atomic E-state index is 10.1. The van der Waals surface area contributed by atoms with Gasteiger partial charge in [0, 0.05) is 30.3 Å². The van der Waals surface area contributed by atoms with Crippen LogP contribution in [0.4, 0.5) is 5.82 Å². The molecule has 2 saturated heterocycles. The SMILES string of the molecule is Nc1nnc(-c2ccccc2O)cc1-c1ccc(C2CCN(C3CNC3)CC2)cc1. The minimum atomic E-state index is 0.182. The van der Waals surface area contributed by atoms with Gasteiger partial charge < -0.3 is 16.2 Å². The van der Waals surface area contributed by atoms with Crippen LogP contribution in [0.25, 0.3) is 22.4 Å². The number of para-hydroxylation sites is 1. The fraction of sp³-hybridized carbons (Fsp3) is 0.333. The highest BCUT2D eigenvalue weighted by molar-refractivity contribution is 5.79. The van der Waals surface area contributed by atoms with E-state index in [1.807, 2.05) is 18.2 Å². The maximum Gasteiger partial charge on any atom is 0.154 e. The molecule has 2 fully saturated rings. The number of phenolic OH excluding ortho intramolecular Hbond substituents is 1. The molecule has 0 atom stereocenters. The lowest BCUT2D eigenvalue weighted by Gasteiger charge is -2.42. The fourth-order valence-corrected chi connectivity index (χ4v) is 4.52. The number of phenols is 1. The first kappa shape index (κ1) is 19.0. The Hall–Kier alpha value is -2.96. The van der Waals surface area contributed by atoms with Gasteiger partial charge in [0.2, 0.25) is 0 Å². The van der Waals surface area contributed by atoms with Gasteiger partial charge >= 0.3 is 0 Å². The first-order valence-corrected chi connectivity index (χ1v) is 10.7. The molecule has 2 aliphatic heterocycles. The molecule has 0 saturated carbocycles. The molecule has 0 bridgehead atoms. The Bertz CT molecular complexity index is 1020. The highest BCUT2D eigenvalue weighted by Gasteiger charge is 2.29. The van der Waals surface area contributed by atoms with Crippen molar-refractivity contribution in [3.63, 3.8) is 0 Å². The van der Waals surface area contributed by atoms with Crippen LogP contribution in [0.2, 0.25) is 0 Å². The average Bonchev–Trinajstić information content (AvgIpc) is 2.74. The number of nitrogen functional groups attached to an aromatic ring is 1. The Kier molecular flexibility index (Phi) is 5.11. The minimum Gasteiger partial charge on any atom is -0.507 e. The van der Waals surface area contributed by atoms with Gasteiger partial charge in [0.05, 0.1) is 5.69 Å². The van der Waals surface area contributed by atoms with Crippen molar-refractivity contribution in [3.05, 3.63) is 60.2 Å². The zero-order chi connectivity index (χ0) is 20.5. The zero-order valence-corrected chi connectivity index (χ0v) is 17.0. The molecule has 1 aromatic heterocycles. The van der Waals surface area contributed by atoms with Crippen molar-refractivity contribution >= 4 is 5.82 Å². The van der Waals surface area contributed by atoms with Crippen LogP contribution in [0.15, 0.2) is 54.6 Å². The molecule has 5 rings (SSSR count). The van der Waals surface area contributed by atoms with E-state index in [2.05, 4.69) is 44.7 Å². The molecule has 0 radical (unpaired) electrons. The standard InChI is InChI=1S/C24H27N5O/c25-24-21(13-22(27-28-24)20-3-1-2-4-23(20)30)18-7-5-16(6-8-18)17-9-11-29(12-10-17)19-14-26-15-19/h1-8,13,17,19,26,30H,9-12,14-15H2,(H2,25,28). The highest BCUT2D eigenvalue weighted by atomic mass is 16.3. The highest BCUT2D eigenvalue weighted by Crippen LogP contribution is 2.34. The van der Waals surface area contributed by atoms with E-state index >= 15 is 0 Å². The summed E-state index contributed by atoms with van der Waals surface area (Å²) >= 11 is 0. The van der Waals surface area contributed by atoms with Gasteiger partial charge in [-0.2, -0.15) is 0 Å². The molecule has 0 aliphatic carbocycles. The molecule has 154 valence electrons. The lowest BCUT2D eigenvalue weighted by Crippen LogP contribution is -2.58. The van der Waals surface area contributed by atoms with Crippen molar-refractivity contribution in [1.29, 1.82) is 0 Å². The smallest absolute Gasteiger partial charge is 0.154 e. The van der Waals surface area contributed by atoms with Crippen molar-refractivity contribution in [1.82, 2.24) is 20.4 Å². The Labute approximate surface area is 176 Å². The monoisotopic (exact) mass is 401 g/mol. The van der Waals surface area contributed by atoms with Crippen molar-refractivity contribution < 1.29 is 5.11 Å². The number of rotatable bonds is 4. The van der Waals surface area contributed by atoms with Gasteiger partial charge in [-0.3, -0.25) is 4.90 Å². The van der Waals surface area contributed by atoms with Crippen molar-refractivity contribution in [3.8, 4) is 28.1 Å². The molecule has 2 aromatic carbocycles. The third-order valence-corrected chi connectivity index (χ3v) is 6.50. The fourth-order valence-electron chi connectivity index (χ4n) is 4.52. The number of piperidine rings is 1. The normalized spacial score (nSPS) is 18.3. The number of nitrogens with one attached hydrogen (secondary N) is 1. The lowest BCUT2D eigenvalue weighted by atomic mass is 9.87. The van der Waals surface area contributed by atoms with Gasteiger partial charge in [0.1, 0.15) is 5.75 Å². The molecule has 0 spiro atoms. The quantitative estimate of drug-likeness (QED) is 0.622. The Morgan fingerprint density at radius 1 is 0.933 bits per heavy atom. The second kappa shape index (κ2) is 8.05. The van der Waals surface area contributed by atoms with Gasteiger partial charge in [-0.15, -0.1) is 10.2 Å². The van der Waals surface area contributed by atoms with Crippen molar-refractivity contribution in [2.75, 3.05) is 31.9 Å². The first-order chi connectivity index (χ1) is 14.7. The molecule has 0 unspecified atom stereocenters. The number of anilines is 1. The van der Waals surface area contributed by atoms with Crippen LogP contribution < -0.4 is 11.1 Å². The summed E-state index contributed by atoms with van der Waals surface area (Å²) < 4.78 is 0. The Morgan fingerprint density at radius 3 is 2.33 bits per heavy atom. The van der Waals surface area contributed by atoms with E-state index in [9.17, 15) is 5.11 Å². The number of likely N-dealkylation sites (tertiary alicyclic amines) is 1. The van der Waals surface area contributed by atoms with Crippen LogP contribution in [0.3, 0.4) is 0 Å². The molecule has 0 amide bonds. The molecule has 6 heteroatoms. The Morgan fingerprint density at radius 2 is 1.67 bits per heavy atom. The van der Waals surface area contributed by atoms with E-state index < -0.39 is 0 Å². The summed E-state index contributed by atoms with van der Waals surface area (Å²) in [5.74, 6) is 1.19. The number of nitrogens with zero attached hydrogens (tertiary/aromatic N) is 3. The molecular formula is C24H27N5O. The predicted octanol–water partition coefficient (Wildman–Crippen LogP) is 3.25.